The van der Waals surface area contributed by atoms with Crippen molar-refractivity contribution in [3.05, 3.63) is 21.3 Å². The molecule has 0 bridgehead atoms. The average molecular weight is 289 g/mol. The maximum atomic E-state index is 11.8. The van der Waals surface area contributed by atoms with E-state index in [9.17, 15) is 4.79 Å². The van der Waals surface area contributed by atoms with Crippen molar-refractivity contribution in [3.8, 4) is 0 Å². The maximum Gasteiger partial charge on any atom is 0.317 e. The van der Waals surface area contributed by atoms with Crippen molar-refractivity contribution in [2.24, 2.45) is 0 Å². The van der Waals surface area contributed by atoms with Crippen molar-refractivity contribution >= 4 is 29.0 Å². The minimum Gasteiger partial charge on any atom is -0.376 e. The Morgan fingerprint density at radius 3 is 3.11 bits per heavy atom. The summed E-state index contributed by atoms with van der Waals surface area (Å²) in [4.78, 5) is 14.6. The van der Waals surface area contributed by atoms with Crippen molar-refractivity contribution in [3.63, 3.8) is 0 Å². The van der Waals surface area contributed by atoms with E-state index in [1.165, 1.54) is 11.3 Å². The molecule has 100 valence electrons. The molecule has 1 saturated heterocycles. The van der Waals surface area contributed by atoms with Gasteiger partial charge < -0.3 is 15.0 Å². The van der Waals surface area contributed by atoms with E-state index in [1.54, 1.807) is 11.9 Å². The summed E-state index contributed by atoms with van der Waals surface area (Å²) in [6.07, 6.45) is 2.30. The molecule has 2 amide bonds. The van der Waals surface area contributed by atoms with Gasteiger partial charge in [0.2, 0.25) is 0 Å². The zero-order valence-electron chi connectivity index (χ0n) is 10.3. The molecular weight excluding hydrogens is 272 g/mol. The number of amides is 2. The van der Waals surface area contributed by atoms with E-state index in [1.807, 2.05) is 12.1 Å². The van der Waals surface area contributed by atoms with Crippen LogP contribution in [0.1, 0.15) is 17.7 Å². The molecule has 0 aliphatic carbocycles. The molecule has 1 N–H and O–H groups in total. The SMILES string of the molecule is CN(Cc1ccc(Cl)s1)C(=O)NCC1CCCO1. The normalized spacial score (nSPS) is 18.9. The summed E-state index contributed by atoms with van der Waals surface area (Å²) in [5, 5.41) is 2.89. The van der Waals surface area contributed by atoms with Crippen LogP contribution in [0.4, 0.5) is 4.79 Å². The Kier molecular flexibility index (Phi) is 4.86. The predicted octanol–water partition coefficient (Wildman–Crippen LogP) is 2.72. The molecular formula is C12H17ClN2O2S. The number of carbonyl (C=O) groups excluding carboxylic acids is 1. The fraction of sp³-hybridized carbons (Fsp3) is 0.583. The second-order valence-corrected chi connectivity index (χ2v) is 6.18. The number of nitrogens with zero attached hydrogens (tertiary/aromatic N) is 1. The lowest BCUT2D eigenvalue weighted by Gasteiger charge is -2.18. The van der Waals surface area contributed by atoms with Crippen LogP contribution in [-0.2, 0) is 11.3 Å². The average Bonchev–Trinajstić information content (AvgIpc) is 2.97. The number of thiophene rings is 1. The first-order valence-corrected chi connectivity index (χ1v) is 7.19. The van der Waals surface area contributed by atoms with Crippen LogP contribution in [-0.4, -0.2) is 37.2 Å². The van der Waals surface area contributed by atoms with Gasteiger partial charge in [0.15, 0.2) is 0 Å². The van der Waals surface area contributed by atoms with Crippen LogP contribution in [0.3, 0.4) is 0 Å². The lowest BCUT2D eigenvalue weighted by atomic mass is 10.2. The molecule has 1 aliphatic heterocycles. The van der Waals surface area contributed by atoms with Crippen molar-refractivity contribution in [2.75, 3.05) is 20.2 Å². The topological polar surface area (TPSA) is 41.6 Å². The van der Waals surface area contributed by atoms with Crippen LogP contribution < -0.4 is 5.32 Å². The van der Waals surface area contributed by atoms with E-state index in [0.717, 1.165) is 28.7 Å². The monoisotopic (exact) mass is 288 g/mol. The van der Waals surface area contributed by atoms with Gasteiger partial charge in [-0.2, -0.15) is 0 Å². The first-order chi connectivity index (χ1) is 8.65. The van der Waals surface area contributed by atoms with E-state index in [4.69, 9.17) is 16.3 Å². The number of carbonyl (C=O) groups is 1. The molecule has 2 heterocycles. The molecule has 2 rings (SSSR count). The summed E-state index contributed by atoms with van der Waals surface area (Å²) in [5.41, 5.74) is 0. The molecule has 1 aromatic heterocycles. The molecule has 1 aliphatic rings. The van der Waals surface area contributed by atoms with E-state index in [0.29, 0.717) is 13.1 Å². The van der Waals surface area contributed by atoms with Crippen LogP contribution in [0.2, 0.25) is 4.34 Å². The standard InChI is InChI=1S/C12H17ClN2O2S/c1-15(8-10-4-5-11(13)18-10)12(16)14-7-9-3-2-6-17-9/h4-5,9H,2-3,6-8H2,1H3,(H,14,16). The number of hydrogen-bond donors (Lipinski definition) is 1. The van der Waals surface area contributed by atoms with Crippen molar-refractivity contribution in [1.29, 1.82) is 0 Å². The maximum absolute atomic E-state index is 11.8. The Labute approximate surface area is 116 Å². The van der Waals surface area contributed by atoms with Crippen LogP contribution >= 0.6 is 22.9 Å². The number of nitrogens with one attached hydrogen (secondary N) is 1. The second-order valence-electron chi connectivity index (χ2n) is 4.38. The van der Waals surface area contributed by atoms with Crippen molar-refractivity contribution in [1.82, 2.24) is 10.2 Å². The molecule has 0 aromatic carbocycles. The lowest BCUT2D eigenvalue weighted by Crippen LogP contribution is -2.40. The summed E-state index contributed by atoms with van der Waals surface area (Å²) >= 11 is 7.35. The van der Waals surface area contributed by atoms with Gasteiger partial charge in [-0.05, 0) is 25.0 Å². The van der Waals surface area contributed by atoms with Gasteiger partial charge in [0, 0.05) is 25.1 Å². The van der Waals surface area contributed by atoms with Gasteiger partial charge in [-0.25, -0.2) is 4.79 Å². The highest BCUT2D eigenvalue weighted by molar-refractivity contribution is 7.16. The molecule has 1 unspecified atom stereocenters. The molecule has 18 heavy (non-hydrogen) atoms. The molecule has 0 spiro atoms. The Morgan fingerprint density at radius 1 is 1.67 bits per heavy atom. The summed E-state index contributed by atoms with van der Waals surface area (Å²) in [5.74, 6) is 0. The van der Waals surface area contributed by atoms with Crippen molar-refractivity contribution in [2.45, 2.75) is 25.5 Å². The predicted molar refractivity (Wildman–Crippen MR) is 73.2 cm³/mol. The number of rotatable bonds is 4. The minimum absolute atomic E-state index is 0.0741. The van der Waals surface area contributed by atoms with Crippen LogP contribution in [0, 0.1) is 0 Å². The fourth-order valence-electron chi connectivity index (χ4n) is 1.88. The fourth-order valence-corrected chi connectivity index (χ4v) is 3.02. The smallest absolute Gasteiger partial charge is 0.317 e. The van der Waals surface area contributed by atoms with Crippen molar-refractivity contribution < 1.29 is 9.53 Å². The van der Waals surface area contributed by atoms with Crippen LogP contribution in [0.15, 0.2) is 12.1 Å². The highest BCUT2D eigenvalue weighted by Gasteiger charge is 2.17. The summed E-state index contributed by atoms with van der Waals surface area (Å²) in [6.45, 7) is 1.98. The Balaban J connectivity index is 1.74. The number of hydrogen-bond acceptors (Lipinski definition) is 3. The van der Waals surface area contributed by atoms with Gasteiger partial charge in [-0.15, -0.1) is 11.3 Å². The van der Waals surface area contributed by atoms with E-state index in [-0.39, 0.29) is 12.1 Å². The van der Waals surface area contributed by atoms with Crippen LogP contribution in [0.5, 0.6) is 0 Å². The van der Waals surface area contributed by atoms with Gasteiger partial charge >= 0.3 is 6.03 Å². The highest BCUT2D eigenvalue weighted by atomic mass is 35.5. The minimum atomic E-state index is -0.0741. The Morgan fingerprint density at radius 2 is 2.50 bits per heavy atom. The van der Waals surface area contributed by atoms with Gasteiger partial charge in [0.1, 0.15) is 0 Å². The molecule has 0 saturated carbocycles. The summed E-state index contributed by atoms with van der Waals surface area (Å²) < 4.78 is 6.20. The largest absolute Gasteiger partial charge is 0.376 e. The van der Waals surface area contributed by atoms with E-state index in [2.05, 4.69) is 5.32 Å². The third kappa shape index (κ3) is 3.86. The third-order valence-electron chi connectivity index (χ3n) is 2.87. The highest BCUT2D eigenvalue weighted by Crippen LogP contribution is 2.22. The molecule has 4 nitrogen and oxygen atoms in total. The van der Waals surface area contributed by atoms with Gasteiger partial charge in [-0.3, -0.25) is 0 Å². The number of halogens is 1. The third-order valence-corrected chi connectivity index (χ3v) is 4.09. The quantitative estimate of drug-likeness (QED) is 0.925. The Hall–Kier alpha value is -0.780. The van der Waals surface area contributed by atoms with Gasteiger partial charge in [-0.1, -0.05) is 11.6 Å². The second kappa shape index (κ2) is 6.41. The van der Waals surface area contributed by atoms with Crippen LogP contribution in [0.25, 0.3) is 0 Å². The summed E-state index contributed by atoms with van der Waals surface area (Å²) in [6, 6.07) is 3.71. The van der Waals surface area contributed by atoms with E-state index >= 15 is 0 Å². The number of urea groups is 1. The zero-order valence-corrected chi connectivity index (χ0v) is 11.9. The molecule has 1 aromatic rings. The van der Waals surface area contributed by atoms with Gasteiger partial charge in [0.25, 0.3) is 0 Å². The zero-order chi connectivity index (χ0) is 13.0. The molecule has 1 atom stereocenters. The Bertz CT molecular complexity index is 405. The summed E-state index contributed by atoms with van der Waals surface area (Å²) in [7, 11) is 1.78. The number of ether oxygens (including phenoxy) is 1. The molecule has 1 fully saturated rings. The first kappa shape index (κ1) is 13.6. The van der Waals surface area contributed by atoms with E-state index < -0.39 is 0 Å². The van der Waals surface area contributed by atoms with Gasteiger partial charge in [0.05, 0.1) is 17.0 Å². The molecule has 6 heteroatoms. The first-order valence-electron chi connectivity index (χ1n) is 6.00. The molecule has 0 radical (unpaired) electrons. The lowest BCUT2D eigenvalue weighted by molar-refractivity contribution is 0.109.